The minimum Gasteiger partial charge on any atom is -0.280 e. The van der Waals surface area contributed by atoms with Crippen LogP contribution in [0.4, 0.5) is 11.4 Å². The second-order valence-corrected chi connectivity index (χ2v) is 4.51. The van der Waals surface area contributed by atoms with Crippen molar-refractivity contribution in [3.63, 3.8) is 0 Å². The van der Waals surface area contributed by atoms with Crippen LogP contribution in [0, 0.1) is 13.8 Å². The van der Waals surface area contributed by atoms with Crippen molar-refractivity contribution in [2.24, 2.45) is 10.2 Å². The molecule has 0 aliphatic carbocycles. The fourth-order valence-corrected chi connectivity index (χ4v) is 2.04. The van der Waals surface area contributed by atoms with Gasteiger partial charge in [-0.15, -0.1) is 5.11 Å². The summed E-state index contributed by atoms with van der Waals surface area (Å²) in [5, 5.41) is 17.9. The summed E-state index contributed by atoms with van der Waals surface area (Å²) in [7, 11) is 0. The number of fused-ring (bicyclic) bond motifs is 1. The number of benzene rings is 2. The van der Waals surface area contributed by atoms with Crippen molar-refractivity contribution >= 4 is 22.1 Å². The fourth-order valence-electron chi connectivity index (χ4n) is 2.04. The molecule has 0 fully saturated rings. The zero-order valence-electron chi connectivity index (χ0n) is 10.9. The van der Waals surface area contributed by atoms with Gasteiger partial charge in [0.15, 0.2) is 0 Å². The van der Waals surface area contributed by atoms with E-state index in [2.05, 4.69) is 38.6 Å². The van der Waals surface area contributed by atoms with E-state index >= 15 is 0 Å². The summed E-state index contributed by atoms with van der Waals surface area (Å²) in [4.78, 5) is 0. The summed E-state index contributed by atoms with van der Waals surface area (Å²) in [6, 6.07) is 14.3. The maximum absolute atomic E-state index is 4.29. The number of aromatic nitrogens is 2. The molecule has 0 radical (unpaired) electrons. The molecule has 3 aromatic rings. The number of azo groups is 1. The Kier molecular flexibility index (Phi) is 2.83. The quantitative estimate of drug-likeness (QED) is 0.664. The highest BCUT2D eigenvalue weighted by atomic mass is 15.2. The van der Waals surface area contributed by atoms with Crippen molar-refractivity contribution in [3.05, 3.63) is 53.9 Å². The monoisotopic (exact) mass is 250 g/mol. The average Bonchev–Trinajstić information content (AvgIpc) is 2.76. The van der Waals surface area contributed by atoms with E-state index < -0.39 is 0 Å². The normalized spacial score (nSPS) is 11.5. The molecule has 0 amide bonds. The molecule has 0 aliphatic heterocycles. The Bertz CT molecular complexity index is 736. The first kappa shape index (κ1) is 11.6. The highest BCUT2D eigenvalue weighted by Crippen LogP contribution is 2.25. The van der Waals surface area contributed by atoms with Gasteiger partial charge in [0, 0.05) is 0 Å². The predicted molar refractivity (Wildman–Crippen MR) is 76.2 cm³/mol. The maximum atomic E-state index is 4.29. The Morgan fingerprint density at radius 1 is 0.947 bits per heavy atom. The zero-order valence-corrected chi connectivity index (χ0v) is 10.9. The van der Waals surface area contributed by atoms with Crippen LogP contribution >= 0.6 is 0 Å². The van der Waals surface area contributed by atoms with Gasteiger partial charge in [0.1, 0.15) is 5.69 Å². The maximum Gasteiger partial charge on any atom is 0.129 e. The smallest absolute Gasteiger partial charge is 0.129 e. The fraction of sp³-hybridized carbons (Fsp3) is 0.133. The van der Waals surface area contributed by atoms with Crippen molar-refractivity contribution in [2.75, 3.05) is 0 Å². The Morgan fingerprint density at radius 2 is 1.74 bits per heavy atom. The lowest BCUT2D eigenvalue weighted by atomic mass is 10.1. The average molecular weight is 250 g/mol. The minimum absolute atomic E-state index is 0.813. The molecule has 4 heteroatoms. The van der Waals surface area contributed by atoms with Crippen LogP contribution in [0.3, 0.4) is 0 Å². The number of H-pyrrole nitrogens is 1. The van der Waals surface area contributed by atoms with E-state index in [1.54, 1.807) is 0 Å². The molecular formula is C15H14N4. The largest absolute Gasteiger partial charge is 0.280 e. The van der Waals surface area contributed by atoms with Crippen molar-refractivity contribution in [1.29, 1.82) is 0 Å². The van der Waals surface area contributed by atoms with Crippen LogP contribution in [0.2, 0.25) is 0 Å². The van der Waals surface area contributed by atoms with Gasteiger partial charge >= 0.3 is 0 Å². The van der Waals surface area contributed by atoms with Gasteiger partial charge in [0.25, 0.3) is 0 Å². The van der Waals surface area contributed by atoms with Gasteiger partial charge in [-0.05, 0) is 36.8 Å². The summed E-state index contributed by atoms with van der Waals surface area (Å²) in [5.74, 6) is 0. The van der Waals surface area contributed by atoms with Crippen LogP contribution in [0.1, 0.15) is 11.4 Å². The lowest BCUT2D eigenvalue weighted by Crippen LogP contribution is -1.72. The Hall–Kier alpha value is -2.49. The van der Waals surface area contributed by atoms with E-state index in [1.807, 2.05) is 38.1 Å². The Morgan fingerprint density at radius 3 is 2.47 bits per heavy atom. The van der Waals surface area contributed by atoms with Crippen LogP contribution in [-0.4, -0.2) is 10.2 Å². The number of aromatic amines is 1. The summed E-state index contributed by atoms with van der Waals surface area (Å²) in [5.41, 5.74) is 3.45. The molecule has 0 bridgehead atoms. The molecular weight excluding hydrogens is 236 g/mol. The number of nitrogens with one attached hydrogen (secondary N) is 1. The molecule has 2 aromatic carbocycles. The van der Waals surface area contributed by atoms with Gasteiger partial charge < -0.3 is 0 Å². The first-order valence-corrected chi connectivity index (χ1v) is 6.16. The van der Waals surface area contributed by atoms with Gasteiger partial charge in [0.05, 0.1) is 17.1 Å². The second kappa shape index (κ2) is 4.65. The highest BCUT2D eigenvalue weighted by molar-refractivity contribution is 5.85. The van der Waals surface area contributed by atoms with E-state index in [0.29, 0.717) is 0 Å². The Balaban J connectivity index is 1.97. The number of hydrogen-bond donors (Lipinski definition) is 1. The standard InChI is InChI=1S/C15H14N4/c1-10-15(11(2)17-16-10)19-18-14-8-7-12-5-3-4-6-13(12)9-14/h3-9H,1-2H3,(H,16,17)/b19-18+. The zero-order chi connectivity index (χ0) is 13.2. The highest BCUT2D eigenvalue weighted by Gasteiger charge is 2.04. The topological polar surface area (TPSA) is 53.4 Å². The summed E-state index contributed by atoms with van der Waals surface area (Å²) >= 11 is 0. The van der Waals surface area contributed by atoms with E-state index in [4.69, 9.17) is 0 Å². The number of rotatable bonds is 2. The van der Waals surface area contributed by atoms with Crippen LogP contribution in [0.15, 0.2) is 52.7 Å². The SMILES string of the molecule is Cc1n[nH]c(C)c1/N=N/c1ccc2ccccc2c1. The lowest BCUT2D eigenvalue weighted by Gasteiger charge is -1.98. The number of aryl methyl sites for hydroxylation is 2. The first-order chi connectivity index (χ1) is 9.24. The van der Waals surface area contributed by atoms with Gasteiger partial charge in [-0.3, -0.25) is 5.10 Å². The van der Waals surface area contributed by atoms with E-state index in [1.165, 1.54) is 10.8 Å². The molecule has 0 spiro atoms. The van der Waals surface area contributed by atoms with Gasteiger partial charge in [-0.25, -0.2) is 0 Å². The van der Waals surface area contributed by atoms with Crippen LogP contribution in [0.5, 0.6) is 0 Å². The van der Waals surface area contributed by atoms with Crippen molar-refractivity contribution in [3.8, 4) is 0 Å². The Labute approximate surface area is 111 Å². The molecule has 0 atom stereocenters. The van der Waals surface area contributed by atoms with Crippen LogP contribution < -0.4 is 0 Å². The summed E-state index contributed by atoms with van der Waals surface area (Å²) in [6.45, 7) is 3.85. The molecule has 1 heterocycles. The predicted octanol–water partition coefficient (Wildman–Crippen LogP) is 4.60. The molecule has 1 N–H and O–H groups in total. The molecule has 0 saturated heterocycles. The summed E-state index contributed by atoms with van der Waals surface area (Å²) in [6.07, 6.45) is 0. The molecule has 3 rings (SSSR count). The molecule has 4 nitrogen and oxygen atoms in total. The third-order valence-electron chi connectivity index (χ3n) is 3.09. The first-order valence-electron chi connectivity index (χ1n) is 6.16. The van der Waals surface area contributed by atoms with Crippen LogP contribution in [-0.2, 0) is 0 Å². The van der Waals surface area contributed by atoms with E-state index in [0.717, 1.165) is 22.8 Å². The van der Waals surface area contributed by atoms with Crippen molar-refractivity contribution < 1.29 is 0 Å². The molecule has 0 saturated carbocycles. The van der Waals surface area contributed by atoms with Gasteiger partial charge in [-0.1, -0.05) is 30.3 Å². The van der Waals surface area contributed by atoms with E-state index in [-0.39, 0.29) is 0 Å². The van der Waals surface area contributed by atoms with Crippen molar-refractivity contribution in [1.82, 2.24) is 10.2 Å². The minimum atomic E-state index is 0.813. The van der Waals surface area contributed by atoms with Crippen LogP contribution in [0.25, 0.3) is 10.8 Å². The van der Waals surface area contributed by atoms with Gasteiger partial charge in [0.2, 0.25) is 0 Å². The lowest BCUT2D eigenvalue weighted by molar-refractivity contribution is 1.02. The van der Waals surface area contributed by atoms with Gasteiger partial charge in [-0.2, -0.15) is 10.2 Å². The molecule has 0 unspecified atom stereocenters. The third-order valence-corrected chi connectivity index (χ3v) is 3.09. The molecule has 0 aliphatic rings. The molecule has 1 aromatic heterocycles. The molecule has 19 heavy (non-hydrogen) atoms. The summed E-state index contributed by atoms with van der Waals surface area (Å²) < 4.78 is 0. The third kappa shape index (κ3) is 2.25. The number of nitrogens with zero attached hydrogens (tertiary/aromatic N) is 3. The van der Waals surface area contributed by atoms with E-state index in [9.17, 15) is 0 Å². The second-order valence-electron chi connectivity index (χ2n) is 4.51. The van der Waals surface area contributed by atoms with Crippen molar-refractivity contribution in [2.45, 2.75) is 13.8 Å². The molecule has 94 valence electrons. The number of hydrogen-bond acceptors (Lipinski definition) is 3.